The lowest BCUT2D eigenvalue weighted by Gasteiger charge is -2.16. The number of pyridine rings is 1. The number of benzene rings is 1. The van der Waals surface area contributed by atoms with E-state index in [-0.39, 0.29) is 6.10 Å². The van der Waals surface area contributed by atoms with Crippen LogP contribution in [0.3, 0.4) is 0 Å². The molecular weight excluding hydrogens is 358 g/mol. The molecule has 2 heterocycles. The van der Waals surface area contributed by atoms with Crippen molar-refractivity contribution >= 4 is 27.0 Å². The van der Waals surface area contributed by atoms with Crippen LogP contribution in [-0.4, -0.2) is 28.3 Å². The number of methoxy groups -OCH3 is 1. The first-order chi connectivity index (χ1) is 11.2. The van der Waals surface area contributed by atoms with Crippen molar-refractivity contribution in [2.24, 2.45) is 0 Å². The predicted molar refractivity (Wildman–Crippen MR) is 92.6 cm³/mol. The summed E-state index contributed by atoms with van der Waals surface area (Å²) in [5.74, 6) is 0.779. The van der Waals surface area contributed by atoms with Gasteiger partial charge in [0.2, 0.25) is 0 Å². The van der Waals surface area contributed by atoms with E-state index in [0.29, 0.717) is 6.61 Å². The van der Waals surface area contributed by atoms with Gasteiger partial charge in [0.25, 0.3) is 0 Å². The van der Waals surface area contributed by atoms with Crippen LogP contribution in [0.2, 0.25) is 0 Å². The number of hydrogen-bond acceptors (Lipinski definition) is 4. The monoisotopic (exact) mass is 375 g/mol. The van der Waals surface area contributed by atoms with Crippen LogP contribution in [0, 0.1) is 0 Å². The molecule has 0 amide bonds. The summed E-state index contributed by atoms with van der Waals surface area (Å²) < 4.78 is 14.3. The van der Waals surface area contributed by atoms with E-state index < -0.39 is 0 Å². The second kappa shape index (κ2) is 7.10. The molecule has 2 aromatic heterocycles. The van der Waals surface area contributed by atoms with Gasteiger partial charge in [-0.15, -0.1) is 0 Å². The first kappa shape index (κ1) is 16.0. The number of ether oxygens (including phenoxy) is 2. The third-order valence-electron chi connectivity index (χ3n) is 3.59. The predicted octanol–water partition coefficient (Wildman–Crippen LogP) is 3.98. The fourth-order valence-corrected chi connectivity index (χ4v) is 2.88. The largest absolute Gasteiger partial charge is 0.482 e. The average molecular weight is 376 g/mol. The summed E-state index contributed by atoms with van der Waals surface area (Å²) in [5, 5.41) is 0. The molecule has 0 unspecified atom stereocenters. The molecule has 0 spiro atoms. The van der Waals surface area contributed by atoms with Crippen LogP contribution >= 0.6 is 15.9 Å². The Kier molecular flexibility index (Phi) is 4.93. The van der Waals surface area contributed by atoms with Crippen LogP contribution < -0.4 is 4.74 Å². The molecule has 23 heavy (non-hydrogen) atoms. The summed E-state index contributed by atoms with van der Waals surface area (Å²) in [5.41, 5.74) is 2.75. The Bertz CT molecular complexity index is 789. The van der Waals surface area contributed by atoms with Crippen molar-refractivity contribution in [3.63, 3.8) is 0 Å². The molecule has 120 valence electrons. The van der Waals surface area contributed by atoms with Gasteiger partial charge >= 0.3 is 0 Å². The molecule has 0 N–H and O–H groups in total. The smallest absolute Gasteiger partial charge is 0.147 e. The molecule has 0 aliphatic carbocycles. The van der Waals surface area contributed by atoms with E-state index in [4.69, 9.17) is 9.47 Å². The fourth-order valence-electron chi connectivity index (χ4n) is 2.45. The van der Waals surface area contributed by atoms with Gasteiger partial charge in [0.15, 0.2) is 0 Å². The molecule has 0 radical (unpaired) electrons. The lowest BCUT2D eigenvalue weighted by molar-refractivity contribution is 0.187. The Morgan fingerprint density at radius 1 is 1.26 bits per heavy atom. The van der Waals surface area contributed by atoms with Gasteiger partial charge in [-0.1, -0.05) is 22.0 Å². The standard InChI is InChI=1S/C17H18BrN3O2/c1-12(14-5-3-4-6-19-14)23-16-10-13(18)9-15-17(16)21(11-20-15)7-8-22-2/h3-6,9-12H,7-8H2,1-2H3/t12-/m1/s1. The van der Waals surface area contributed by atoms with Crippen LogP contribution in [-0.2, 0) is 11.3 Å². The van der Waals surface area contributed by atoms with Gasteiger partial charge in [-0.2, -0.15) is 0 Å². The minimum Gasteiger partial charge on any atom is -0.482 e. The summed E-state index contributed by atoms with van der Waals surface area (Å²) in [4.78, 5) is 8.81. The van der Waals surface area contributed by atoms with Gasteiger partial charge < -0.3 is 14.0 Å². The molecule has 0 saturated carbocycles. The molecule has 1 aromatic carbocycles. The van der Waals surface area contributed by atoms with Crippen molar-refractivity contribution in [2.45, 2.75) is 19.6 Å². The van der Waals surface area contributed by atoms with E-state index in [0.717, 1.165) is 33.5 Å². The third-order valence-corrected chi connectivity index (χ3v) is 4.05. The third kappa shape index (κ3) is 3.54. The van der Waals surface area contributed by atoms with Gasteiger partial charge in [-0.3, -0.25) is 4.98 Å². The first-order valence-corrected chi connectivity index (χ1v) is 8.19. The minimum atomic E-state index is -0.153. The Morgan fingerprint density at radius 2 is 2.13 bits per heavy atom. The Labute approximate surface area is 143 Å². The van der Waals surface area contributed by atoms with Crippen LogP contribution in [0.5, 0.6) is 5.75 Å². The Morgan fingerprint density at radius 3 is 2.87 bits per heavy atom. The van der Waals surface area contributed by atoms with Crippen LogP contribution in [0.25, 0.3) is 11.0 Å². The van der Waals surface area contributed by atoms with Crippen molar-refractivity contribution in [2.75, 3.05) is 13.7 Å². The maximum atomic E-state index is 6.18. The zero-order valence-electron chi connectivity index (χ0n) is 13.1. The molecule has 0 fully saturated rings. The molecule has 0 aliphatic heterocycles. The molecule has 6 heteroatoms. The molecular formula is C17H18BrN3O2. The molecule has 0 saturated heterocycles. The highest BCUT2D eigenvalue weighted by Gasteiger charge is 2.15. The number of imidazole rings is 1. The minimum absolute atomic E-state index is 0.153. The number of fused-ring (bicyclic) bond motifs is 1. The van der Waals surface area contributed by atoms with E-state index in [1.165, 1.54) is 0 Å². The quantitative estimate of drug-likeness (QED) is 0.653. The SMILES string of the molecule is COCCn1cnc2cc(Br)cc(O[C@H](C)c3ccccn3)c21. The average Bonchev–Trinajstić information content (AvgIpc) is 2.96. The Balaban J connectivity index is 1.96. The van der Waals surface area contributed by atoms with E-state index in [1.54, 1.807) is 13.3 Å². The molecule has 3 rings (SSSR count). The van der Waals surface area contributed by atoms with Gasteiger partial charge in [-0.05, 0) is 31.2 Å². The highest BCUT2D eigenvalue weighted by atomic mass is 79.9. The summed E-state index contributed by atoms with van der Waals surface area (Å²) >= 11 is 3.52. The number of rotatable bonds is 6. The van der Waals surface area contributed by atoms with E-state index >= 15 is 0 Å². The number of aromatic nitrogens is 3. The van der Waals surface area contributed by atoms with Crippen LogP contribution in [0.15, 0.2) is 47.3 Å². The van der Waals surface area contributed by atoms with Gasteiger partial charge in [0, 0.05) is 24.3 Å². The second-order valence-electron chi connectivity index (χ2n) is 5.22. The summed E-state index contributed by atoms with van der Waals surface area (Å²) in [6.07, 6.45) is 3.43. The normalized spacial score (nSPS) is 12.5. The van der Waals surface area contributed by atoms with E-state index in [2.05, 4.69) is 25.9 Å². The van der Waals surface area contributed by atoms with E-state index in [1.807, 2.05) is 48.1 Å². The van der Waals surface area contributed by atoms with Crippen LogP contribution in [0.1, 0.15) is 18.7 Å². The van der Waals surface area contributed by atoms with Gasteiger partial charge in [0.1, 0.15) is 17.4 Å². The van der Waals surface area contributed by atoms with Crippen molar-refractivity contribution < 1.29 is 9.47 Å². The Hall–Kier alpha value is -1.92. The molecule has 5 nitrogen and oxygen atoms in total. The topological polar surface area (TPSA) is 49.2 Å². The lowest BCUT2D eigenvalue weighted by atomic mass is 10.2. The summed E-state index contributed by atoms with van der Waals surface area (Å²) in [6.45, 7) is 3.34. The lowest BCUT2D eigenvalue weighted by Crippen LogP contribution is -2.08. The van der Waals surface area contributed by atoms with Crippen molar-refractivity contribution in [1.82, 2.24) is 14.5 Å². The van der Waals surface area contributed by atoms with Gasteiger partial charge in [0.05, 0.1) is 24.1 Å². The molecule has 0 bridgehead atoms. The van der Waals surface area contributed by atoms with Crippen LogP contribution in [0.4, 0.5) is 0 Å². The number of hydrogen-bond donors (Lipinski definition) is 0. The highest BCUT2D eigenvalue weighted by Crippen LogP contribution is 2.32. The van der Waals surface area contributed by atoms with Crippen molar-refractivity contribution in [3.05, 3.63) is 53.0 Å². The molecule has 1 atom stereocenters. The maximum absolute atomic E-state index is 6.18. The summed E-state index contributed by atoms with van der Waals surface area (Å²) in [7, 11) is 1.69. The maximum Gasteiger partial charge on any atom is 0.147 e. The van der Waals surface area contributed by atoms with Gasteiger partial charge in [-0.25, -0.2) is 4.98 Å². The zero-order valence-corrected chi connectivity index (χ0v) is 14.7. The number of halogens is 1. The second-order valence-corrected chi connectivity index (χ2v) is 6.13. The fraction of sp³-hybridized carbons (Fsp3) is 0.294. The van der Waals surface area contributed by atoms with E-state index in [9.17, 15) is 0 Å². The molecule has 3 aromatic rings. The summed E-state index contributed by atoms with van der Waals surface area (Å²) in [6, 6.07) is 9.76. The zero-order chi connectivity index (χ0) is 16.2. The number of nitrogens with zero attached hydrogens (tertiary/aromatic N) is 3. The molecule has 0 aliphatic rings. The first-order valence-electron chi connectivity index (χ1n) is 7.40. The van der Waals surface area contributed by atoms with Crippen molar-refractivity contribution in [1.29, 1.82) is 0 Å². The highest BCUT2D eigenvalue weighted by molar-refractivity contribution is 9.10. The van der Waals surface area contributed by atoms with Crippen molar-refractivity contribution in [3.8, 4) is 5.75 Å².